The topological polar surface area (TPSA) is 17.1 Å². The molecule has 0 atom stereocenters. The first-order valence-electron chi connectivity index (χ1n) is 4.46. The number of allylic oxidation sites excluding steroid dienone is 1. The Labute approximate surface area is 83.1 Å². The van der Waals surface area contributed by atoms with Gasteiger partial charge in [0.05, 0.1) is 0 Å². The summed E-state index contributed by atoms with van der Waals surface area (Å²) < 4.78 is 0. The zero-order valence-electron chi connectivity index (χ0n) is 7.66. The Kier molecular flexibility index (Phi) is 4.47. The highest BCUT2D eigenvalue weighted by atomic mass is 32.1. The summed E-state index contributed by atoms with van der Waals surface area (Å²) in [6, 6.07) is 2.01. The molecule has 1 nitrogen and oxygen atoms in total. The minimum atomic E-state index is 0.334. The quantitative estimate of drug-likeness (QED) is 0.502. The van der Waals surface area contributed by atoms with Crippen LogP contribution in [0.25, 0.3) is 0 Å². The second-order valence-electron chi connectivity index (χ2n) is 3.03. The van der Waals surface area contributed by atoms with Crippen LogP contribution in [0.3, 0.4) is 0 Å². The lowest BCUT2D eigenvalue weighted by atomic mass is 10.1. The highest BCUT2D eigenvalue weighted by Gasteiger charge is 2.02. The monoisotopic (exact) mass is 194 g/mol. The van der Waals surface area contributed by atoms with E-state index in [1.807, 2.05) is 22.9 Å². The van der Waals surface area contributed by atoms with E-state index in [1.165, 1.54) is 0 Å². The standard InChI is InChI=1S/C11H14OS/c1-2-3-4-5-11(12)8-10-6-7-13-9-10/h2,6-7,9H,1,3-5,8H2. The molecule has 1 rings (SSSR count). The van der Waals surface area contributed by atoms with Crippen LogP contribution in [0.15, 0.2) is 29.5 Å². The molecule has 0 aliphatic heterocycles. The van der Waals surface area contributed by atoms with Crippen molar-refractivity contribution in [3.8, 4) is 0 Å². The molecule has 0 fully saturated rings. The van der Waals surface area contributed by atoms with Crippen molar-refractivity contribution in [1.29, 1.82) is 0 Å². The minimum absolute atomic E-state index is 0.334. The van der Waals surface area contributed by atoms with Gasteiger partial charge in [-0.1, -0.05) is 6.08 Å². The summed E-state index contributed by atoms with van der Waals surface area (Å²) in [6.45, 7) is 3.62. The number of ketones is 1. The van der Waals surface area contributed by atoms with Gasteiger partial charge in [-0.15, -0.1) is 6.58 Å². The highest BCUT2D eigenvalue weighted by Crippen LogP contribution is 2.09. The van der Waals surface area contributed by atoms with Gasteiger partial charge in [0.25, 0.3) is 0 Å². The number of carbonyl (C=O) groups excluding carboxylic acids is 1. The molecule has 1 aromatic heterocycles. The Hall–Kier alpha value is -0.890. The molecule has 0 unspecified atom stereocenters. The second-order valence-corrected chi connectivity index (χ2v) is 3.81. The first kappa shape index (κ1) is 10.2. The average Bonchev–Trinajstić information content (AvgIpc) is 2.57. The van der Waals surface area contributed by atoms with Crippen LogP contribution in [0, 0.1) is 0 Å². The largest absolute Gasteiger partial charge is 0.299 e. The van der Waals surface area contributed by atoms with Gasteiger partial charge >= 0.3 is 0 Å². The summed E-state index contributed by atoms with van der Waals surface area (Å²) in [6.07, 6.45) is 5.02. The van der Waals surface area contributed by atoms with Gasteiger partial charge < -0.3 is 0 Å². The lowest BCUT2D eigenvalue weighted by molar-refractivity contribution is -0.118. The van der Waals surface area contributed by atoms with Crippen molar-refractivity contribution in [2.45, 2.75) is 25.7 Å². The Morgan fingerprint density at radius 2 is 2.46 bits per heavy atom. The fourth-order valence-electron chi connectivity index (χ4n) is 1.15. The molecule has 0 saturated heterocycles. The van der Waals surface area contributed by atoms with E-state index in [4.69, 9.17) is 0 Å². The summed E-state index contributed by atoms with van der Waals surface area (Å²) in [7, 11) is 0. The molecule has 0 aliphatic carbocycles. The maximum Gasteiger partial charge on any atom is 0.137 e. The Balaban J connectivity index is 2.22. The molecule has 0 aliphatic rings. The van der Waals surface area contributed by atoms with Crippen LogP contribution in [0.1, 0.15) is 24.8 Å². The van der Waals surface area contributed by atoms with Gasteiger partial charge in [-0.25, -0.2) is 0 Å². The van der Waals surface area contributed by atoms with Gasteiger partial charge in [-0.2, -0.15) is 11.3 Å². The van der Waals surface area contributed by atoms with E-state index < -0.39 is 0 Å². The minimum Gasteiger partial charge on any atom is -0.299 e. The lowest BCUT2D eigenvalue weighted by Crippen LogP contribution is -2.00. The summed E-state index contributed by atoms with van der Waals surface area (Å²) >= 11 is 1.64. The molecule has 2 heteroatoms. The Morgan fingerprint density at radius 3 is 3.08 bits per heavy atom. The van der Waals surface area contributed by atoms with Crippen molar-refractivity contribution >= 4 is 17.1 Å². The predicted molar refractivity (Wildman–Crippen MR) is 57.1 cm³/mol. The van der Waals surface area contributed by atoms with Crippen LogP contribution in [0.2, 0.25) is 0 Å². The summed E-state index contributed by atoms with van der Waals surface area (Å²) in [5, 5.41) is 4.04. The molecular weight excluding hydrogens is 180 g/mol. The van der Waals surface area contributed by atoms with Gasteiger partial charge in [-0.05, 0) is 35.2 Å². The zero-order chi connectivity index (χ0) is 9.52. The van der Waals surface area contributed by atoms with Crippen LogP contribution in [0.5, 0.6) is 0 Å². The SMILES string of the molecule is C=CCCCC(=O)Cc1ccsc1. The van der Waals surface area contributed by atoms with E-state index in [1.54, 1.807) is 11.3 Å². The van der Waals surface area contributed by atoms with Crippen LogP contribution in [-0.4, -0.2) is 5.78 Å². The van der Waals surface area contributed by atoms with Gasteiger partial charge in [0.1, 0.15) is 5.78 Å². The summed E-state index contributed by atoms with van der Waals surface area (Å²) in [4.78, 5) is 11.4. The Bertz CT molecular complexity index is 262. The zero-order valence-corrected chi connectivity index (χ0v) is 8.48. The van der Waals surface area contributed by atoms with Gasteiger partial charge in [-0.3, -0.25) is 4.79 Å². The molecule has 0 saturated carbocycles. The van der Waals surface area contributed by atoms with E-state index in [0.29, 0.717) is 18.6 Å². The fraction of sp³-hybridized carbons (Fsp3) is 0.364. The predicted octanol–water partition coefficient (Wildman–Crippen LogP) is 3.22. The third-order valence-corrected chi connectivity index (χ3v) is 2.58. The molecule has 0 N–H and O–H groups in total. The smallest absolute Gasteiger partial charge is 0.137 e. The Morgan fingerprint density at radius 1 is 1.62 bits per heavy atom. The third-order valence-electron chi connectivity index (χ3n) is 1.85. The maximum atomic E-state index is 11.4. The number of hydrogen-bond acceptors (Lipinski definition) is 2. The number of carbonyl (C=O) groups is 1. The normalized spacial score (nSPS) is 9.85. The molecule has 0 aromatic carbocycles. The number of rotatable bonds is 6. The van der Waals surface area contributed by atoms with Crippen molar-refractivity contribution in [3.63, 3.8) is 0 Å². The second kappa shape index (κ2) is 5.70. The molecule has 0 bridgehead atoms. The molecule has 70 valence electrons. The maximum absolute atomic E-state index is 11.4. The first-order valence-corrected chi connectivity index (χ1v) is 5.41. The van der Waals surface area contributed by atoms with Gasteiger partial charge in [0.15, 0.2) is 0 Å². The van der Waals surface area contributed by atoms with E-state index in [9.17, 15) is 4.79 Å². The van der Waals surface area contributed by atoms with E-state index in [0.717, 1.165) is 18.4 Å². The fourth-order valence-corrected chi connectivity index (χ4v) is 1.82. The van der Waals surface area contributed by atoms with E-state index >= 15 is 0 Å². The van der Waals surface area contributed by atoms with Crippen molar-refractivity contribution < 1.29 is 4.79 Å². The van der Waals surface area contributed by atoms with Crippen LogP contribution in [-0.2, 0) is 11.2 Å². The van der Waals surface area contributed by atoms with Crippen LogP contribution >= 0.6 is 11.3 Å². The van der Waals surface area contributed by atoms with E-state index in [2.05, 4.69) is 6.58 Å². The third kappa shape index (κ3) is 4.04. The van der Waals surface area contributed by atoms with Crippen molar-refractivity contribution in [1.82, 2.24) is 0 Å². The summed E-state index contributed by atoms with van der Waals surface area (Å²) in [5.74, 6) is 0.334. The molecule has 0 amide bonds. The highest BCUT2D eigenvalue weighted by molar-refractivity contribution is 7.07. The number of hydrogen-bond donors (Lipinski definition) is 0. The average molecular weight is 194 g/mol. The number of unbranched alkanes of at least 4 members (excludes halogenated alkanes) is 1. The molecule has 1 heterocycles. The lowest BCUT2D eigenvalue weighted by Gasteiger charge is -1.96. The molecule has 13 heavy (non-hydrogen) atoms. The van der Waals surface area contributed by atoms with Crippen molar-refractivity contribution in [2.75, 3.05) is 0 Å². The van der Waals surface area contributed by atoms with Crippen molar-refractivity contribution in [3.05, 3.63) is 35.0 Å². The molecule has 1 aromatic rings. The van der Waals surface area contributed by atoms with Crippen LogP contribution < -0.4 is 0 Å². The molecule has 0 radical (unpaired) electrons. The van der Waals surface area contributed by atoms with Crippen LogP contribution in [0.4, 0.5) is 0 Å². The molecule has 0 spiro atoms. The first-order chi connectivity index (χ1) is 6.33. The van der Waals surface area contributed by atoms with Gasteiger partial charge in [0.2, 0.25) is 0 Å². The molecular formula is C11H14OS. The van der Waals surface area contributed by atoms with Gasteiger partial charge in [0, 0.05) is 12.8 Å². The summed E-state index contributed by atoms with van der Waals surface area (Å²) in [5.41, 5.74) is 1.15. The number of Topliss-reactive ketones (excluding diaryl/α,β-unsaturated/α-hetero) is 1. The number of thiophene rings is 1. The van der Waals surface area contributed by atoms with Crippen molar-refractivity contribution in [2.24, 2.45) is 0 Å². The van der Waals surface area contributed by atoms with E-state index in [-0.39, 0.29) is 0 Å².